The van der Waals surface area contributed by atoms with Crippen LogP contribution < -0.4 is 10.5 Å². The molecule has 3 nitrogen and oxygen atoms in total. The molecule has 0 aromatic heterocycles. The lowest BCUT2D eigenvalue weighted by Crippen LogP contribution is -2.29. The van der Waals surface area contributed by atoms with Gasteiger partial charge in [0.05, 0.1) is 0 Å². The standard InChI is InChI=1S/C20H26N2O.ClH/c1-16(21)19-11-12-22(14-19)13-17-7-9-20(10-8-17)23-15-18-5-3-2-4-6-18;/h2-10,16,19H,11-15,21H2,1H3;1H. The molecule has 1 aliphatic rings. The molecule has 130 valence electrons. The predicted octanol–water partition coefficient (Wildman–Crippen LogP) is 3.86. The van der Waals surface area contributed by atoms with Crippen LogP contribution in [0.3, 0.4) is 0 Å². The Morgan fingerprint density at radius 2 is 1.79 bits per heavy atom. The minimum Gasteiger partial charge on any atom is -0.489 e. The minimum absolute atomic E-state index is 0. The number of nitrogens with two attached hydrogens (primary N) is 1. The number of likely N-dealkylation sites (tertiary alicyclic amines) is 1. The molecule has 0 bridgehead atoms. The van der Waals surface area contributed by atoms with Gasteiger partial charge in [-0.2, -0.15) is 0 Å². The van der Waals surface area contributed by atoms with Gasteiger partial charge in [0, 0.05) is 19.1 Å². The Bertz CT molecular complexity index is 601. The lowest BCUT2D eigenvalue weighted by molar-refractivity contribution is 0.302. The lowest BCUT2D eigenvalue weighted by Gasteiger charge is -2.18. The third-order valence-electron chi connectivity index (χ3n) is 4.63. The van der Waals surface area contributed by atoms with E-state index >= 15 is 0 Å². The van der Waals surface area contributed by atoms with Gasteiger partial charge in [-0.25, -0.2) is 0 Å². The molecular formula is C20H27ClN2O. The van der Waals surface area contributed by atoms with E-state index in [-0.39, 0.29) is 12.4 Å². The van der Waals surface area contributed by atoms with Crippen molar-refractivity contribution in [3.63, 3.8) is 0 Å². The number of hydrogen-bond acceptors (Lipinski definition) is 3. The molecule has 3 rings (SSSR count). The maximum Gasteiger partial charge on any atom is 0.119 e. The van der Waals surface area contributed by atoms with E-state index in [9.17, 15) is 0 Å². The summed E-state index contributed by atoms with van der Waals surface area (Å²) in [4.78, 5) is 2.49. The normalized spacial score (nSPS) is 18.8. The van der Waals surface area contributed by atoms with E-state index in [0.717, 1.165) is 25.4 Å². The van der Waals surface area contributed by atoms with Gasteiger partial charge in [0.15, 0.2) is 0 Å². The molecule has 0 spiro atoms. The van der Waals surface area contributed by atoms with E-state index in [2.05, 4.69) is 48.2 Å². The zero-order valence-electron chi connectivity index (χ0n) is 14.2. The summed E-state index contributed by atoms with van der Waals surface area (Å²) in [5.41, 5.74) is 8.54. The highest BCUT2D eigenvalue weighted by atomic mass is 35.5. The Labute approximate surface area is 151 Å². The molecule has 2 atom stereocenters. The van der Waals surface area contributed by atoms with Crippen molar-refractivity contribution >= 4 is 12.4 Å². The third kappa shape index (κ3) is 5.23. The fraction of sp³-hybridized carbons (Fsp3) is 0.400. The van der Waals surface area contributed by atoms with E-state index in [1.54, 1.807) is 0 Å². The highest BCUT2D eigenvalue weighted by Gasteiger charge is 2.24. The molecular weight excluding hydrogens is 320 g/mol. The zero-order chi connectivity index (χ0) is 16.1. The topological polar surface area (TPSA) is 38.5 Å². The Hall–Kier alpha value is -1.55. The summed E-state index contributed by atoms with van der Waals surface area (Å²) in [5, 5.41) is 0. The van der Waals surface area contributed by atoms with Crippen molar-refractivity contribution in [2.75, 3.05) is 13.1 Å². The van der Waals surface area contributed by atoms with E-state index < -0.39 is 0 Å². The molecule has 0 radical (unpaired) electrons. The average molecular weight is 347 g/mol. The summed E-state index contributed by atoms with van der Waals surface area (Å²) in [7, 11) is 0. The molecule has 4 heteroatoms. The van der Waals surface area contributed by atoms with Crippen LogP contribution in [0, 0.1) is 5.92 Å². The predicted molar refractivity (Wildman–Crippen MR) is 101 cm³/mol. The number of halogens is 1. The van der Waals surface area contributed by atoms with Crippen LogP contribution in [0.5, 0.6) is 5.75 Å². The van der Waals surface area contributed by atoms with Crippen LogP contribution in [0.25, 0.3) is 0 Å². The van der Waals surface area contributed by atoms with E-state index in [1.165, 1.54) is 17.5 Å². The Morgan fingerprint density at radius 3 is 2.42 bits per heavy atom. The largest absolute Gasteiger partial charge is 0.489 e. The molecule has 1 fully saturated rings. The molecule has 2 unspecified atom stereocenters. The van der Waals surface area contributed by atoms with Gasteiger partial charge >= 0.3 is 0 Å². The monoisotopic (exact) mass is 346 g/mol. The van der Waals surface area contributed by atoms with Crippen LogP contribution >= 0.6 is 12.4 Å². The van der Waals surface area contributed by atoms with Crippen LogP contribution in [-0.4, -0.2) is 24.0 Å². The number of benzene rings is 2. The molecule has 2 aromatic carbocycles. The molecule has 2 N–H and O–H groups in total. The van der Waals surface area contributed by atoms with Crippen molar-refractivity contribution in [2.45, 2.75) is 32.5 Å². The Morgan fingerprint density at radius 1 is 1.08 bits per heavy atom. The first-order chi connectivity index (χ1) is 11.2. The Kier molecular flexibility index (Phi) is 7.10. The first kappa shape index (κ1) is 18.8. The van der Waals surface area contributed by atoms with Gasteiger partial charge in [0.25, 0.3) is 0 Å². The van der Waals surface area contributed by atoms with Crippen LogP contribution in [0.15, 0.2) is 54.6 Å². The number of nitrogens with zero attached hydrogens (tertiary/aromatic N) is 1. The second-order valence-corrected chi connectivity index (χ2v) is 6.56. The molecule has 0 saturated carbocycles. The molecule has 0 amide bonds. The van der Waals surface area contributed by atoms with Crippen LogP contribution in [0.1, 0.15) is 24.5 Å². The second-order valence-electron chi connectivity index (χ2n) is 6.56. The first-order valence-corrected chi connectivity index (χ1v) is 8.44. The van der Waals surface area contributed by atoms with Gasteiger partial charge in [-0.3, -0.25) is 4.90 Å². The summed E-state index contributed by atoms with van der Waals surface area (Å²) < 4.78 is 5.84. The van der Waals surface area contributed by atoms with Crippen molar-refractivity contribution in [1.29, 1.82) is 0 Å². The van der Waals surface area contributed by atoms with Crippen molar-refractivity contribution in [1.82, 2.24) is 4.90 Å². The zero-order valence-corrected chi connectivity index (χ0v) is 15.0. The maximum atomic E-state index is 6.01. The summed E-state index contributed by atoms with van der Waals surface area (Å²) in [6.07, 6.45) is 1.22. The SMILES string of the molecule is CC(N)C1CCN(Cc2ccc(OCc3ccccc3)cc2)C1.Cl. The minimum atomic E-state index is 0. The van der Waals surface area contributed by atoms with Gasteiger partial charge in [0.1, 0.15) is 12.4 Å². The van der Waals surface area contributed by atoms with Crippen LogP contribution in [0.4, 0.5) is 0 Å². The molecule has 0 aliphatic carbocycles. The van der Waals surface area contributed by atoms with Gasteiger partial charge in [-0.05, 0) is 49.1 Å². The van der Waals surface area contributed by atoms with E-state index in [0.29, 0.717) is 18.6 Å². The van der Waals surface area contributed by atoms with Gasteiger partial charge in [-0.15, -0.1) is 12.4 Å². The fourth-order valence-corrected chi connectivity index (χ4v) is 3.13. The lowest BCUT2D eigenvalue weighted by atomic mass is 10.0. The highest BCUT2D eigenvalue weighted by molar-refractivity contribution is 5.85. The maximum absolute atomic E-state index is 6.01. The molecule has 1 aliphatic heterocycles. The second kappa shape index (κ2) is 9.07. The van der Waals surface area contributed by atoms with Crippen molar-refractivity contribution in [3.05, 3.63) is 65.7 Å². The molecule has 1 saturated heterocycles. The van der Waals surface area contributed by atoms with Crippen molar-refractivity contribution in [3.8, 4) is 5.75 Å². The Balaban J connectivity index is 0.00000208. The van der Waals surface area contributed by atoms with Crippen molar-refractivity contribution < 1.29 is 4.74 Å². The quantitative estimate of drug-likeness (QED) is 0.863. The molecule has 24 heavy (non-hydrogen) atoms. The van der Waals surface area contributed by atoms with Crippen LogP contribution in [0.2, 0.25) is 0 Å². The summed E-state index contributed by atoms with van der Waals surface area (Å²) in [6, 6.07) is 19.0. The molecule has 1 heterocycles. The van der Waals surface area contributed by atoms with Gasteiger partial charge < -0.3 is 10.5 Å². The number of ether oxygens (including phenoxy) is 1. The highest BCUT2D eigenvalue weighted by Crippen LogP contribution is 2.22. The van der Waals surface area contributed by atoms with Crippen molar-refractivity contribution in [2.24, 2.45) is 11.7 Å². The number of hydrogen-bond donors (Lipinski definition) is 1. The smallest absolute Gasteiger partial charge is 0.119 e. The van der Waals surface area contributed by atoms with Crippen LogP contribution in [-0.2, 0) is 13.2 Å². The average Bonchev–Trinajstić information content (AvgIpc) is 3.04. The van der Waals surface area contributed by atoms with E-state index in [4.69, 9.17) is 10.5 Å². The summed E-state index contributed by atoms with van der Waals surface area (Å²) in [6.45, 7) is 6.00. The van der Waals surface area contributed by atoms with Gasteiger partial charge in [-0.1, -0.05) is 42.5 Å². The van der Waals surface area contributed by atoms with Gasteiger partial charge in [0.2, 0.25) is 0 Å². The van der Waals surface area contributed by atoms with E-state index in [1.807, 2.05) is 18.2 Å². The molecule has 2 aromatic rings. The summed E-state index contributed by atoms with van der Waals surface area (Å²) >= 11 is 0. The summed E-state index contributed by atoms with van der Waals surface area (Å²) in [5.74, 6) is 1.57. The third-order valence-corrected chi connectivity index (χ3v) is 4.63. The fourth-order valence-electron chi connectivity index (χ4n) is 3.13. The number of rotatable bonds is 6. The first-order valence-electron chi connectivity index (χ1n) is 8.44.